The van der Waals surface area contributed by atoms with Gasteiger partial charge in [0, 0.05) is 18.9 Å². The summed E-state index contributed by atoms with van der Waals surface area (Å²) in [5, 5.41) is 6.49. The smallest absolute Gasteiger partial charge is 0.257 e. The lowest BCUT2D eigenvalue weighted by molar-refractivity contribution is -0.122. The summed E-state index contributed by atoms with van der Waals surface area (Å²) in [5.41, 5.74) is 1.16. The summed E-state index contributed by atoms with van der Waals surface area (Å²) >= 11 is 0. The maximum Gasteiger partial charge on any atom is 0.257 e. The number of hydrogen-bond acceptors (Lipinski definition) is 5. The van der Waals surface area contributed by atoms with E-state index in [4.69, 9.17) is 4.74 Å². The van der Waals surface area contributed by atoms with E-state index >= 15 is 0 Å². The van der Waals surface area contributed by atoms with Crippen molar-refractivity contribution in [2.75, 3.05) is 23.6 Å². The number of anilines is 1. The average molecular weight is 392 g/mol. The second-order valence-electron chi connectivity index (χ2n) is 5.63. The van der Waals surface area contributed by atoms with Gasteiger partial charge in [0.2, 0.25) is 10.0 Å². The highest BCUT2D eigenvalue weighted by Crippen LogP contribution is 2.13. The first-order chi connectivity index (χ1) is 12.9. The molecule has 0 fully saturated rings. The summed E-state index contributed by atoms with van der Waals surface area (Å²) in [6, 6.07) is 10.2. The molecule has 27 heavy (non-hydrogen) atoms. The molecule has 10 heteroatoms. The van der Waals surface area contributed by atoms with Crippen molar-refractivity contribution in [2.24, 2.45) is 0 Å². The summed E-state index contributed by atoms with van der Waals surface area (Å²) in [6.07, 6.45) is 3.25. The Morgan fingerprint density at radius 1 is 1.19 bits per heavy atom. The normalized spacial score (nSPS) is 11.3. The minimum Gasteiger partial charge on any atom is -0.484 e. The molecule has 0 atom stereocenters. The van der Waals surface area contributed by atoms with Crippen LogP contribution in [0.25, 0.3) is 5.52 Å². The second kappa shape index (κ2) is 8.04. The number of carbonyl (C=O) groups excluding carboxylic acids is 1. The van der Waals surface area contributed by atoms with E-state index in [1.807, 2.05) is 0 Å². The van der Waals surface area contributed by atoms with Crippen LogP contribution in [0.2, 0.25) is 0 Å². The summed E-state index contributed by atoms with van der Waals surface area (Å²) in [7, 11) is -3.63. The van der Waals surface area contributed by atoms with Crippen molar-refractivity contribution in [3.05, 3.63) is 60.7 Å². The van der Waals surface area contributed by atoms with Gasteiger partial charge in [-0.2, -0.15) is 5.10 Å². The zero-order chi connectivity index (χ0) is 19.3. The zero-order valence-corrected chi connectivity index (χ0v) is 14.9. The van der Waals surface area contributed by atoms with Gasteiger partial charge >= 0.3 is 0 Å². The van der Waals surface area contributed by atoms with E-state index < -0.39 is 21.7 Å². The lowest BCUT2D eigenvalue weighted by Gasteiger charge is -2.10. The number of nitrogens with zero attached hydrogens (tertiary/aromatic N) is 2. The fourth-order valence-electron chi connectivity index (χ4n) is 2.27. The van der Waals surface area contributed by atoms with Crippen LogP contribution in [0.5, 0.6) is 5.75 Å². The number of nitrogens with one attached hydrogen (secondary N) is 2. The van der Waals surface area contributed by atoms with Crippen molar-refractivity contribution in [1.82, 2.24) is 14.9 Å². The maximum absolute atomic E-state index is 12.8. The Morgan fingerprint density at radius 3 is 2.74 bits per heavy atom. The van der Waals surface area contributed by atoms with Crippen LogP contribution in [0.1, 0.15) is 0 Å². The molecule has 142 valence electrons. The Balaban J connectivity index is 1.44. The fourth-order valence-corrected chi connectivity index (χ4v) is 3.23. The number of hydrogen-bond donors (Lipinski definition) is 2. The third kappa shape index (κ3) is 5.42. The molecule has 0 aliphatic rings. The molecule has 1 amide bonds. The topological polar surface area (TPSA) is 102 Å². The quantitative estimate of drug-likeness (QED) is 0.604. The van der Waals surface area contributed by atoms with Crippen molar-refractivity contribution < 1.29 is 22.3 Å². The van der Waals surface area contributed by atoms with Crippen LogP contribution in [-0.2, 0) is 14.8 Å². The van der Waals surface area contributed by atoms with Gasteiger partial charge in [-0.15, -0.1) is 0 Å². The lowest BCUT2D eigenvalue weighted by Crippen LogP contribution is -2.34. The van der Waals surface area contributed by atoms with Crippen molar-refractivity contribution in [1.29, 1.82) is 0 Å². The summed E-state index contributed by atoms with van der Waals surface area (Å²) in [5.74, 6) is -0.831. The van der Waals surface area contributed by atoms with Crippen LogP contribution in [0, 0.1) is 5.82 Å². The van der Waals surface area contributed by atoms with Gasteiger partial charge in [0.1, 0.15) is 11.6 Å². The monoisotopic (exact) mass is 392 g/mol. The van der Waals surface area contributed by atoms with Crippen LogP contribution >= 0.6 is 0 Å². The molecule has 0 saturated carbocycles. The molecule has 0 unspecified atom stereocenters. The number of carbonyl (C=O) groups is 1. The molecule has 8 nitrogen and oxygen atoms in total. The molecular formula is C17H17FN4O4S. The first kappa shape index (κ1) is 18.6. The average Bonchev–Trinajstić information content (AvgIpc) is 3.08. The number of benzene rings is 1. The molecule has 0 aliphatic heterocycles. The van der Waals surface area contributed by atoms with Gasteiger partial charge in [0.05, 0.1) is 17.0 Å². The molecule has 2 heterocycles. The van der Waals surface area contributed by atoms with Gasteiger partial charge < -0.3 is 10.1 Å². The molecule has 0 saturated heterocycles. The third-order valence-electron chi connectivity index (χ3n) is 3.55. The summed E-state index contributed by atoms with van der Waals surface area (Å²) < 4.78 is 46.3. The molecule has 3 aromatic rings. The van der Waals surface area contributed by atoms with Gasteiger partial charge in [-0.05, 0) is 42.5 Å². The van der Waals surface area contributed by atoms with Crippen LogP contribution in [0.3, 0.4) is 0 Å². The highest BCUT2D eigenvalue weighted by molar-refractivity contribution is 7.92. The molecular weight excluding hydrogens is 375 g/mol. The number of halogens is 1. The number of sulfonamides is 1. The molecule has 3 rings (SSSR count). The van der Waals surface area contributed by atoms with Crippen molar-refractivity contribution in [3.63, 3.8) is 0 Å². The summed E-state index contributed by atoms with van der Waals surface area (Å²) in [6.45, 7) is -0.368. The minimum atomic E-state index is -3.63. The van der Waals surface area contributed by atoms with E-state index in [1.165, 1.54) is 24.3 Å². The van der Waals surface area contributed by atoms with Gasteiger partial charge in [0.15, 0.2) is 6.61 Å². The SMILES string of the molecule is O=C(COc1ccc(F)cc1)NCCS(=O)(=O)Nc1ccn2nccc2c1. The van der Waals surface area contributed by atoms with Crippen molar-refractivity contribution in [3.8, 4) is 5.75 Å². The summed E-state index contributed by atoms with van der Waals surface area (Å²) in [4.78, 5) is 11.7. The largest absolute Gasteiger partial charge is 0.484 e. The predicted molar refractivity (Wildman–Crippen MR) is 97.5 cm³/mol. The van der Waals surface area contributed by atoms with Crippen LogP contribution in [0.4, 0.5) is 10.1 Å². The van der Waals surface area contributed by atoms with E-state index in [2.05, 4.69) is 15.1 Å². The standard InChI is InChI=1S/C17H17FN4O4S/c18-13-1-3-16(4-2-13)26-12-17(23)19-8-10-27(24,25)21-14-6-9-22-15(11-14)5-7-20-22/h1-7,9,11,21H,8,10,12H2,(H,19,23). The van der Waals surface area contributed by atoms with E-state index in [1.54, 1.807) is 35.1 Å². The Labute approximate surface area is 155 Å². The Hall–Kier alpha value is -3.14. The molecule has 2 N–H and O–H groups in total. The molecule has 0 aliphatic carbocycles. The first-order valence-electron chi connectivity index (χ1n) is 8.00. The number of pyridine rings is 1. The first-order valence-corrected chi connectivity index (χ1v) is 9.65. The van der Waals surface area contributed by atoms with E-state index in [9.17, 15) is 17.6 Å². The van der Waals surface area contributed by atoms with Gasteiger partial charge in [-0.25, -0.2) is 17.3 Å². The zero-order valence-electron chi connectivity index (χ0n) is 14.1. The number of amides is 1. The Morgan fingerprint density at radius 2 is 1.96 bits per heavy atom. The highest BCUT2D eigenvalue weighted by atomic mass is 32.2. The molecule has 0 spiro atoms. The molecule has 0 bridgehead atoms. The van der Waals surface area contributed by atoms with Gasteiger partial charge in [0.25, 0.3) is 5.91 Å². The molecule has 2 aromatic heterocycles. The van der Waals surface area contributed by atoms with E-state index in [0.717, 1.165) is 5.52 Å². The van der Waals surface area contributed by atoms with Crippen LogP contribution in [0.15, 0.2) is 54.9 Å². The van der Waals surface area contributed by atoms with E-state index in [-0.39, 0.29) is 18.9 Å². The highest BCUT2D eigenvalue weighted by Gasteiger charge is 2.12. The molecule has 0 radical (unpaired) electrons. The van der Waals surface area contributed by atoms with Crippen molar-refractivity contribution in [2.45, 2.75) is 0 Å². The molecule has 1 aromatic carbocycles. The lowest BCUT2D eigenvalue weighted by atomic mass is 10.3. The van der Waals surface area contributed by atoms with Gasteiger partial charge in [-0.3, -0.25) is 9.52 Å². The number of fused-ring (bicyclic) bond motifs is 1. The number of rotatable bonds is 8. The second-order valence-corrected chi connectivity index (χ2v) is 7.47. The van der Waals surface area contributed by atoms with Crippen LogP contribution < -0.4 is 14.8 Å². The van der Waals surface area contributed by atoms with Crippen molar-refractivity contribution >= 4 is 27.1 Å². The predicted octanol–water partition coefficient (Wildman–Crippen LogP) is 1.41. The third-order valence-corrected chi connectivity index (χ3v) is 4.84. The fraction of sp³-hybridized carbons (Fsp3) is 0.176. The minimum absolute atomic E-state index is 0.0735. The number of aromatic nitrogens is 2. The maximum atomic E-state index is 12.8. The number of ether oxygens (including phenoxy) is 1. The van der Waals surface area contributed by atoms with Crippen LogP contribution in [-0.4, -0.2) is 42.8 Å². The Bertz CT molecular complexity index is 1030. The van der Waals surface area contributed by atoms with E-state index in [0.29, 0.717) is 11.4 Å². The van der Waals surface area contributed by atoms with Gasteiger partial charge in [-0.1, -0.05) is 0 Å². The Kier molecular flexibility index (Phi) is 5.55.